The van der Waals surface area contributed by atoms with Crippen LogP contribution in [0.4, 0.5) is 0 Å². The average molecular weight is 261 g/mol. The lowest BCUT2D eigenvalue weighted by Gasteiger charge is -2.13. The molecular weight excluding hydrogens is 234 g/mol. The Bertz CT molecular complexity index is 188. The van der Waals surface area contributed by atoms with Crippen LogP contribution in [0.2, 0.25) is 0 Å². The van der Waals surface area contributed by atoms with E-state index >= 15 is 0 Å². The first-order valence-corrected chi connectivity index (χ1v) is 6.82. The van der Waals surface area contributed by atoms with Crippen LogP contribution in [0.25, 0.3) is 0 Å². The van der Waals surface area contributed by atoms with Gasteiger partial charge in [-0.05, 0) is 19.8 Å². The molecule has 1 unspecified atom stereocenters. The second-order valence-corrected chi connectivity index (χ2v) is 4.58. The Labute approximate surface area is 110 Å². The molecule has 1 aliphatic carbocycles. The Morgan fingerprint density at radius 1 is 1.00 bits per heavy atom. The van der Waals surface area contributed by atoms with E-state index in [1.165, 1.54) is 12.8 Å². The van der Waals surface area contributed by atoms with Crippen LogP contribution in [0.5, 0.6) is 0 Å². The quantitative estimate of drug-likeness (QED) is 0.498. The highest BCUT2D eigenvalue weighted by atomic mass is 16.6. The number of ether oxygens (including phenoxy) is 4. The van der Waals surface area contributed by atoms with Crippen LogP contribution in [0, 0.1) is 0 Å². The largest absolute Gasteiger partial charge is 0.382 e. The molecule has 1 saturated carbocycles. The molecule has 1 N–H and O–H groups in total. The van der Waals surface area contributed by atoms with Crippen LogP contribution in [0.15, 0.2) is 0 Å². The van der Waals surface area contributed by atoms with Gasteiger partial charge in [-0.3, -0.25) is 0 Å². The van der Waals surface area contributed by atoms with E-state index in [-0.39, 0.29) is 6.10 Å². The molecule has 0 bridgehead atoms. The minimum atomic E-state index is 0.257. The normalized spacial score (nSPS) is 17.0. The molecule has 0 aromatic heterocycles. The summed E-state index contributed by atoms with van der Waals surface area (Å²) < 4.78 is 21.1. The topological polar surface area (TPSA) is 49.0 Å². The van der Waals surface area contributed by atoms with Crippen LogP contribution >= 0.6 is 0 Å². The smallest absolute Gasteiger partial charge is 0.0704 e. The van der Waals surface area contributed by atoms with Gasteiger partial charge in [0.05, 0.1) is 45.7 Å². The third kappa shape index (κ3) is 9.79. The Morgan fingerprint density at radius 3 is 2.22 bits per heavy atom. The van der Waals surface area contributed by atoms with Crippen molar-refractivity contribution in [2.45, 2.75) is 31.9 Å². The molecular formula is C13H27NO4. The van der Waals surface area contributed by atoms with Crippen LogP contribution in [-0.2, 0) is 18.9 Å². The van der Waals surface area contributed by atoms with Gasteiger partial charge in [-0.1, -0.05) is 0 Å². The maximum atomic E-state index is 5.62. The summed E-state index contributed by atoms with van der Waals surface area (Å²) in [7, 11) is 1.66. The van der Waals surface area contributed by atoms with E-state index in [1.54, 1.807) is 7.11 Å². The van der Waals surface area contributed by atoms with E-state index < -0.39 is 0 Å². The molecule has 0 heterocycles. The van der Waals surface area contributed by atoms with Crippen LogP contribution in [-0.4, -0.2) is 65.4 Å². The van der Waals surface area contributed by atoms with Gasteiger partial charge in [0.1, 0.15) is 0 Å². The summed E-state index contributed by atoms with van der Waals surface area (Å²) in [6.45, 7) is 6.78. The molecule has 5 heteroatoms. The number of hydrogen-bond donors (Lipinski definition) is 1. The van der Waals surface area contributed by atoms with Gasteiger partial charge in [0, 0.05) is 19.7 Å². The highest BCUT2D eigenvalue weighted by Gasteiger charge is 2.20. The summed E-state index contributed by atoms with van der Waals surface area (Å²) >= 11 is 0. The zero-order chi connectivity index (χ0) is 13.1. The van der Waals surface area contributed by atoms with Crippen LogP contribution in [0.1, 0.15) is 19.8 Å². The first kappa shape index (κ1) is 15.9. The molecule has 1 fully saturated rings. The van der Waals surface area contributed by atoms with E-state index in [0.717, 1.165) is 12.6 Å². The van der Waals surface area contributed by atoms with Gasteiger partial charge in [-0.2, -0.15) is 0 Å². The minimum Gasteiger partial charge on any atom is -0.382 e. The van der Waals surface area contributed by atoms with Crippen LogP contribution < -0.4 is 5.32 Å². The summed E-state index contributed by atoms with van der Waals surface area (Å²) in [5.74, 6) is 0. The van der Waals surface area contributed by atoms with E-state index in [9.17, 15) is 0 Å². The molecule has 0 aliphatic heterocycles. The molecule has 0 aromatic carbocycles. The molecule has 0 aromatic rings. The lowest BCUT2D eigenvalue weighted by atomic mass is 10.4. The summed E-state index contributed by atoms with van der Waals surface area (Å²) in [5, 5.41) is 3.44. The van der Waals surface area contributed by atoms with Gasteiger partial charge in [-0.15, -0.1) is 0 Å². The van der Waals surface area contributed by atoms with E-state index in [2.05, 4.69) is 12.2 Å². The van der Waals surface area contributed by atoms with Crippen molar-refractivity contribution in [1.82, 2.24) is 5.32 Å². The fraction of sp³-hybridized carbons (Fsp3) is 1.00. The summed E-state index contributed by atoms with van der Waals surface area (Å²) in [6, 6.07) is 0.747. The fourth-order valence-electron chi connectivity index (χ4n) is 1.45. The molecule has 5 nitrogen and oxygen atoms in total. The first-order chi connectivity index (χ1) is 8.83. The van der Waals surface area contributed by atoms with Crippen molar-refractivity contribution in [2.24, 2.45) is 0 Å². The zero-order valence-electron chi connectivity index (χ0n) is 11.7. The van der Waals surface area contributed by atoms with E-state index in [4.69, 9.17) is 18.9 Å². The molecule has 1 atom stereocenters. The lowest BCUT2D eigenvalue weighted by molar-refractivity contribution is -0.0116. The van der Waals surface area contributed by atoms with Gasteiger partial charge in [0.25, 0.3) is 0 Å². The number of nitrogens with one attached hydrogen (secondary N) is 1. The summed E-state index contributed by atoms with van der Waals surface area (Å²) in [6.07, 6.45) is 2.89. The van der Waals surface area contributed by atoms with E-state index in [1.807, 2.05) is 0 Å². The Hall–Kier alpha value is -0.200. The van der Waals surface area contributed by atoms with Crippen molar-refractivity contribution in [3.8, 4) is 0 Å². The minimum absolute atomic E-state index is 0.257. The maximum Gasteiger partial charge on any atom is 0.0704 e. The molecule has 0 radical (unpaired) electrons. The zero-order valence-corrected chi connectivity index (χ0v) is 11.7. The number of hydrogen-bond acceptors (Lipinski definition) is 5. The SMILES string of the molecule is COCCOCCOCCOC(C)CNC1CC1. The Balaban J connectivity index is 1.71. The fourth-order valence-corrected chi connectivity index (χ4v) is 1.45. The monoisotopic (exact) mass is 261 g/mol. The predicted molar refractivity (Wildman–Crippen MR) is 70.0 cm³/mol. The van der Waals surface area contributed by atoms with Gasteiger partial charge in [0.2, 0.25) is 0 Å². The Kier molecular flexibility index (Phi) is 9.42. The second-order valence-electron chi connectivity index (χ2n) is 4.58. The van der Waals surface area contributed by atoms with Gasteiger partial charge in [0.15, 0.2) is 0 Å². The van der Waals surface area contributed by atoms with Crippen LogP contribution in [0.3, 0.4) is 0 Å². The average Bonchev–Trinajstić information content (AvgIpc) is 3.18. The second kappa shape index (κ2) is 10.7. The summed E-state index contributed by atoms with van der Waals surface area (Å²) in [5.41, 5.74) is 0. The highest BCUT2D eigenvalue weighted by molar-refractivity contribution is 4.81. The predicted octanol–water partition coefficient (Wildman–Crippen LogP) is 0.823. The lowest BCUT2D eigenvalue weighted by Crippen LogP contribution is -2.29. The Morgan fingerprint density at radius 2 is 1.61 bits per heavy atom. The summed E-state index contributed by atoms with van der Waals surface area (Å²) in [4.78, 5) is 0. The van der Waals surface area contributed by atoms with Crippen molar-refractivity contribution >= 4 is 0 Å². The van der Waals surface area contributed by atoms with Gasteiger partial charge >= 0.3 is 0 Å². The van der Waals surface area contributed by atoms with Gasteiger partial charge < -0.3 is 24.3 Å². The van der Waals surface area contributed by atoms with Crippen molar-refractivity contribution in [2.75, 3.05) is 53.3 Å². The molecule has 1 rings (SSSR count). The molecule has 108 valence electrons. The molecule has 0 spiro atoms. The van der Waals surface area contributed by atoms with Crippen molar-refractivity contribution in [3.05, 3.63) is 0 Å². The van der Waals surface area contributed by atoms with Crippen molar-refractivity contribution in [1.29, 1.82) is 0 Å². The first-order valence-electron chi connectivity index (χ1n) is 6.82. The number of methoxy groups -OCH3 is 1. The molecule has 18 heavy (non-hydrogen) atoms. The maximum absolute atomic E-state index is 5.62. The van der Waals surface area contributed by atoms with Crippen molar-refractivity contribution < 1.29 is 18.9 Å². The molecule has 0 amide bonds. The molecule has 1 aliphatic rings. The third-order valence-electron chi connectivity index (χ3n) is 2.71. The van der Waals surface area contributed by atoms with Gasteiger partial charge in [-0.25, -0.2) is 0 Å². The highest BCUT2D eigenvalue weighted by Crippen LogP contribution is 2.18. The third-order valence-corrected chi connectivity index (χ3v) is 2.71. The van der Waals surface area contributed by atoms with Crippen molar-refractivity contribution in [3.63, 3.8) is 0 Å². The standard InChI is InChI=1S/C13H27NO4/c1-12(11-14-13-3-4-13)18-10-9-17-8-7-16-6-5-15-2/h12-14H,3-11H2,1-2H3. The number of rotatable bonds is 13. The van der Waals surface area contributed by atoms with E-state index in [0.29, 0.717) is 39.6 Å². The molecule has 0 saturated heterocycles.